The summed E-state index contributed by atoms with van der Waals surface area (Å²) in [5.74, 6) is 0.123. The minimum Gasteiger partial charge on any atom is -0.373 e. The average molecular weight is 345 g/mol. The fourth-order valence-corrected chi connectivity index (χ4v) is 3.08. The maximum Gasteiger partial charge on any atom is 0.165 e. The SMILES string of the molecule is Cc1ccc(C(=O)CC2OCCc3ccccc32)cc1Br. The lowest BCUT2D eigenvalue weighted by Crippen LogP contribution is -2.19. The molecular weight excluding hydrogens is 328 g/mol. The summed E-state index contributed by atoms with van der Waals surface area (Å²) in [6, 6.07) is 14.0. The van der Waals surface area contributed by atoms with Crippen molar-refractivity contribution < 1.29 is 9.53 Å². The van der Waals surface area contributed by atoms with Gasteiger partial charge >= 0.3 is 0 Å². The second kappa shape index (κ2) is 6.12. The third-order valence-corrected chi connectivity index (χ3v) is 4.81. The number of fused-ring (bicyclic) bond motifs is 1. The van der Waals surface area contributed by atoms with E-state index in [9.17, 15) is 4.79 Å². The number of hydrogen-bond donors (Lipinski definition) is 0. The fourth-order valence-electron chi connectivity index (χ4n) is 2.70. The average Bonchev–Trinajstić information content (AvgIpc) is 2.50. The van der Waals surface area contributed by atoms with E-state index in [2.05, 4.69) is 28.1 Å². The van der Waals surface area contributed by atoms with Gasteiger partial charge in [-0.1, -0.05) is 52.3 Å². The molecular formula is C18H17BrO2. The lowest BCUT2D eigenvalue weighted by Gasteiger charge is -2.25. The van der Waals surface area contributed by atoms with E-state index in [1.807, 2.05) is 37.3 Å². The molecule has 2 aromatic rings. The van der Waals surface area contributed by atoms with Crippen LogP contribution in [0.25, 0.3) is 0 Å². The Hall–Kier alpha value is -1.45. The van der Waals surface area contributed by atoms with Crippen molar-refractivity contribution in [3.8, 4) is 0 Å². The molecule has 1 aliphatic heterocycles. The van der Waals surface area contributed by atoms with Gasteiger partial charge in [0, 0.05) is 16.5 Å². The highest BCUT2D eigenvalue weighted by Gasteiger charge is 2.23. The van der Waals surface area contributed by atoms with Gasteiger partial charge in [0.2, 0.25) is 0 Å². The van der Waals surface area contributed by atoms with E-state index in [4.69, 9.17) is 4.74 Å². The van der Waals surface area contributed by atoms with Crippen molar-refractivity contribution in [3.05, 3.63) is 69.2 Å². The molecule has 0 fully saturated rings. The second-order valence-corrected chi connectivity index (χ2v) is 6.25. The summed E-state index contributed by atoms with van der Waals surface area (Å²) in [4.78, 5) is 12.5. The van der Waals surface area contributed by atoms with Crippen molar-refractivity contribution in [2.24, 2.45) is 0 Å². The van der Waals surface area contributed by atoms with E-state index in [1.165, 1.54) is 5.56 Å². The van der Waals surface area contributed by atoms with E-state index in [-0.39, 0.29) is 11.9 Å². The molecule has 0 radical (unpaired) electrons. The first-order valence-electron chi connectivity index (χ1n) is 7.14. The highest BCUT2D eigenvalue weighted by Crippen LogP contribution is 2.31. The maximum absolute atomic E-state index is 12.5. The van der Waals surface area contributed by atoms with Gasteiger partial charge in [-0.3, -0.25) is 4.79 Å². The van der Waals surface area contributed by atoms with E-state index < -0.39 is 0 Å². The second-order valence-electron chi connectivity index (χ2n) is 5.40. The molecule has 0 amide bonds. The van der Waals surface area contributed by atoms with Gasteiger partial charge in [0.25, 0.3) is 0 Å². The Morgan fingerprint density at radius 3 is 2.90 bits per heavy atom. The molecule has 1 aliphatic rings. The van der Waals surface area contributed by atoms with Crippen LogP contribution in [0.15, 0.2) is 46.9 Å². The molecule has 21 heavy (non-hydrogen) atoms. The van der Waals surface area contributed by atoms with Gasteiger partial charge in [-0.15, -0.1) is 0 Å². The Labute approximate surface area is 133 Å². The minimum absolute atomic E-state index is 0.123. The van der Waals surface area contributed by atoms with Gasteiger partial charge in [-0.25, -0.2) is 0 Å². The molecule has 0 saturated carbocycles. The quantitative estimate of drug-likeness (QED) is 0.758. The first-order chi connectivity index (χ1) is 10.1. The highest BCUT2D eigenvalue weighted by molar-refractivity contribution is 9.10. The highest BCUT2D eigenvalue weighted by atomic mass is 79.9. The number of halogens is 1. The van der Waals surface area contributed by atoms with Crippen LogP contribution in [-0.4, -0.2) is 12.4 Å². The van der Waals surface area contributed by atoms with Crippen molar-refractivity contribution in [2.45, 2.75) is 25.9 Å². The number of rotatable bonds is 3. The topological polar surface area (TPSA) is 26.3 Å². The first-order valence-corrected chi connectivity index (χ1v) is 7.93. The molecule has 0 bridgehead atoms. The molecule has 0 saturated heterocycles. The van der Waals surface area contributed by atoms with Crippen LogP contribution in [0, 0.1) is 6.92 Å². The Balaban J connectivity index is 1.81. The van der Waals surface area contributed by atoms with E-state index >= 15 is 0 Å². The van der Waals surface area contributed by atoms with Crippen LogP contribution in [-0.2, 0) is 11.2 Å². The summed E-state index contributed by atoms with van der Waals surface area (Å²) in [5, 5.41) is 0. The zero-order valence-electron chi connectivity index (χ0n) is 11.9. The third-order valence-electron chi connectivity index (χ3n) is 3.96. The Bertz CT molecular complexity index is 679. The van der Waals surface area contributed by atoms with Crippen LogP contribution in [0.1, 0.15) is 39.6 Å². The van der Waals surface area contributed by atoms with Crippen molar-refractivity contribution >= 4 is 21.7 Å². The number of benzene rings is 2. The Morgan fingerprint density at radius 2 is 2.10 bits per heavy atom. The number of hydrogen-bond acceptors (Lipinski definition) is 2. The van der Waals surface area contributed by atoms with Crippen molar-refractivity contribution in [1.82, 2.24) is 0 Å². The monoisotopic (exact) mass is 344 g/mol. The normalized spacial score (nSPS) is 17.3. The van der Waals surface area contributed by atoms with E-state index in [0.717, 1.165) is 27.6 Å². The molecule has 108 valence electrons. The Morgan fingerprint density at radius 1 is 1.29 bits per heavy atom. The zero-order chi connectivity index (χ0) is 14.8. The number of ether oxygens (including phenoxy) is 1. The van der Waals surface area contributed by atoms with Crippen molar-refractivity contribution in [2.75, 3.05) is 6.61 Å². The predicted octanol–water partition coefficient (Wildman–Crippen LogP) is 4.64. The molecule has 2 aromatic carbocycles. The lowest BCUT2D eigenvalue weighted by molar-refractivity contribution is 0.0352. The summed E-state index contributed by atoms with van der Waals surface area (Å²) in [6.07, 6.45) is 1.20. The number of carbonyl (C=O) groups excluding carboxylic acids is 1. The molecule has 3 rings (SSSR count). The standard InChI is InChI=1S/C18H17BrO2/c1-12-6-7-14(10-16(12)19)17(20)11-18-15-5-3-2-4-13(15)8-9-21-18/h2-7,10,18H,8-9,11H2,1H3. The number of Topliss-reactive ketones (excluding diaryl/α,β-unsaturated/α-hetero) is 1. The predicted molar refractivity (Wildman–Crippen MR) is 86.7 cm³/mol. The molecule has 1 heterocycles. The van der Waals surface area contributed by atoms with Gasteiger partial charge in [0.1, 0.15) is 0 Å². The molecule has 1 unspecified atom stereocenters. The summed E-state index contributed by atoms with van der Waals surface area (Å²) >= 11 is 3.48. The molecule has 0 aliphatic carbocycles. The van der Waals surface area contributed by atoms with Crippen LogP contribution in [0.4, 0.5) is 0 Å². The molecule has 1 atom stereocenters. The van der Waals surface area contributed by atoms with Gasteiger partial charge in [-0.2, -0.15) is 0 Å². The van der Waals surface area contributed by atoms with Crippen molar-refractivity contribution in [3.63, 3.8) is 0 Å². The number of aryl methyl sites for hydroxylation is 1. The summed E-state index contributed by atoms with van der Waals surface area (Å²) in [7, 11) is 0. The van der Waals surface area contributed by atoms with Crippen LogP contribution >= 0.6 is 15.9 Å². The largest absolute Gasteiger partial charge is 0.373 e. The lowest BCUT2D eigenvalue weighted by atomic mass is 9.93. The Kier molecular flexibility index (Phi) is 4.22. The van der Waals surface area contributed by atoms with Gasteiger partial charge in [0.05, 0.1) is 12.7 Å². The molecule has 0 N–H and O–H groups in total. The van der Waals surface area contributed by atoms with Crippen LogP contribution < -0.4 is 0 Å². The zero-order valence-corrected chi connectivity index (χ0v) is 13.5. The van der Waals surface area contributed by atoms with E-state index in [1.54, 1.807) is 0 Å². The summed E-state index contributed by atoms with van der Waals surface area (Å²) in [6.45, 7) is 2.70. The third kappa shape index (κ3) is 3.09. The maximum atomic E-state index is 12.5. The van der Waals surface area contributed by atoms with Gasteiger partial charge in [0.15, 0.2) is 5.78 Å². The van der Waals surface area contributed by atoms with Crippen LogP contribution in [0.3, 0.4) is 0 Å². The van der Waals surface area contributed by atoms with E-state index in [0.29, 0.717) is 13.0 Å². The van der Waals surface area contributed by atoms with Crippen LogP contribution in [0.5, 0.6) is 0 Å². The molecule has 2 nitrogen and oxygen atoms in total. The number of ketones is 1. The fraction of sp³-hybridized carbons (Fsp3) is 0.278. The van der Waals surface area contributed by atoms with Crippen LogP contribution in [0.2, 0.25) is 0 Å². The van der Waals surface area contributed by atoms with Gasteiger partial charge < -0.3 is 4.74 Å². The minimum atomic E-state index is -0.123. The summed E-state index contributed by atoms with van der Waals surface area (Å²) in [5.41, 5.74) is 4.32. The molecule has 0 aromatic heterocycles. The molecule has 0 spiro atoms. The first kappa shape index (κ1) is 14.5. The summed E-state index contributed by atoms with van der Waals surface area (Å²) < 4.78 is 6.79. The molecule has 3 heteroatoms. The van der Waals surface area contributed by atoms with Crippen molar-refractivity contribution in [1.29, 1.82) is 0 Å². The van der Waals surface area contributed by atoms with Gasteiger partial charge in [-0.05, 0) is 36.1 Å². The number of carbonyl (C=O) groups is 1. The smallest absolute Gasteiger partial charge is 0.165 e.